The minimum atomic E-state index is 0. The van der Waals surface area contributed by atoms with Crippen LogP contribution < -0.4 is 19.6 Å². The molecule has 2 aliphatic heterocycles. The van der Waals surface area contributed by atoms with Crippen molar-refractivity contribution in [3.05, 3.63) is 288 Å². The summed E-state index contributed by atoms with van der Waals surface area (Å²) in [6.45, 7) is 22.8. The van der Waals surface area contributed by atoms with Crippen molar-refractivity contribution in [3.63, 3.8) is 0 Å². The van der Waals surface area contributed by atoms with Crippen LogP contribution in [0.5, 0.6) is 11.8 Å². The molecule has 8 aromatic carbocycles. The van der Waals surface area contributed by atoms with Gasteiger partial charge in [-0.2, -0.15) is 74.0 Å². The van der Waals surface area contributed by atoms with Gasteiger partial charge >= 0.3 is 42.1 Å². The topological polar surface area (TPSA) is 115 Å². The normalized spacial score (nSPS) is 12.1. The minimum Gasteiger partial charge on any atom is -0.502 e. The van der Waals surface area contributed by atoms with Crippen LogP contribution in [-0.4, -0.2) is 53.4 Å². The molecule has 0 fully saturated rings. The maximum absolute atomic E-state index is 10.7. The average molecular weight is 1610 g/mol. The molecule has 16 rings (SSSR count). The molecule has 0 unspecified atom stereocenters. The van der Waals surface area contributed by atoms with Crippen LogP contribution in [0.4, 0.5) is 34.4 Å². The van der Waals surface area contributed by atoms with E-state index in [0.29, 0.717) is 0 Å². The molecule has 14 heteroatoms. The smallest absolute Gasteiger partial charge is 0.502 e. The van der Waals surface area contributed by atoms with Gasteiger partial charge in [-0.1, -0.05) is 108 Å². The summed E-state index contributed by atoms with van der Waals surface area (Å²) >= 11 is 0. The fraction of sp³-hybridized carbons (Fsp3) is 0.136. The minimum absolute atomic E-state index is 0. The zero-order valence-electron chi connectivity index (χ0n) is 54.9. The molecule has 95 heavy (non-hydrogen) atoms. The van der Waals surface area contributed by atoms with Crippen molar-refractivity contribution in [2.24, 2.45) is 0 Å². The van der Waals surface area contributed by atoms with Crippen LogP contribution in [0.3, 0.4) is 0 Å². The Morgan fingerprint density at radius 1 is 0.389 bits per heavy atom. The van der Waals surface area contributed by atoms with Crippen molar-refractivity contribution in [2.45, 2.75) is 62.3 Å². The summed E-state index contributed by atoms with van der Waals surface area (Å²) in [6.07, 6.45) is 3.70. The van der Waals surface area contributed by atoms with Crippen molar-refractivity contribution in [1.29, 1.82) is 0 Å². The molecule has 12 nitrogen and oxygen atoms in total. The van der Waals surface area contributed by atoms with Gasteiger partial charge in [-0.3, -0.25) is 0 Å². The van der Waals surface area contributed by atoms with Gasteiger partial charge in [0, 0.05) is 79.0 Å². The maximum Gasteiger partial charge on any atom is 2.00 e. The van der Waals surface area contributed by atoms with Gasteiger partial charge in [-0.15, -0.1) is 11.4 Å². The first-order valence-electron chi connectivity index (χ1n) is 31.2. The monoisotopic (exact) mass is 1610 g/mol. The molecule has 0 saturated carbocycles. The molecule has 0 bridgehead atoms. The van der Waals surface area contributed by atoms with Crippen molar-refractivity contribution < 1.29 is 52.3 Å². The van der Waals surface area contributed by atoms with E-state index in [9.17, 15) is 10.2 Å². The number of pyridine rings is 4. The quantitative estimate of drug-likeness (QED) is 0.156. The second-order valence-corrected chi connectivity index (χ2v) is 24.1. The average Bonchev–Trinajstić information content (AvgIpc) is 1.59. The van der Waals surface area contributed by atoms with Gasteiger partial charge in [0.15, 0.2) is 0 Å². The van der Waals surface area contributed by atoms with Crippen molar-refractivity contribution in [2.75, 3.05) is 33.7 Å². The summed E-state index contributed by atoms with van der Waals surface area (Å²) in [5.41, 5.74) is 24.8. The summed E-state index contributed by atoms with van der Waals surface area (Å²) in [7, 11) is 4.05. The van der Waals surface area contributed by atoms with Crippen LogP contribution in [0.15, 0.2) is 213 Å². The number of para-hydroxylation sites is 6. The van der Waals surface area contributed by atoms with Gasteiger partial charge in [-0.25, -0.2) is 19.9 Å². The van der Waals surface area contributed by atoms with E-state index in [-0.39, 0.29) is 53.9 Å². The number of hydrogen-bond acceptors (Lipinski definition) is 10. The molecule has 2 N–H and O–H groups in total. The van der Waals surface area contributed by atoms with Crippen LogP contribution in [0.1, 0.15) is 50.3 Å². The van der Waals surface area contributed by atoms with Gasteiger partial charge in [0.2, 0.25) is 11.8 Å². The Morgan fingerprint density at radius 3 is 1.25 bits per heavy atom. The maximum atomic E-state index is 10.7. The molecule has 0 amide bonds. The van der Waals surface area contributed by atoms with Crippen molar-refractivity contribution in [1.82, 2.24) is 29.1 Å². The zero-order chi connectivity index (χ0) is 64.8. The summed E-state index contributed by atoms with van der Waals surface area (Å²) in [5, 5.41) is 26.1. The number of hydrogen-bond donors (Lipinski definition) is 2. The molecule has 0 atom stereocenters. The SMILES string of the molecule is CN1[CH-]N(c2[c-]cccc2)c2ncccc21.Cc1cc(C)c(-n2c3ccccc3c3cccc(-c4ccc(C)nc4O)c32)c(C)c1.Cc1cc(C)c(-n2c3ccccc3c3cccc(-c4ccc(C)nc4O)c32)c(C)c1.Cc1cnc2c(c1)N(C)[CH-]N2c1[c-]cccc1.[Pt+2].[Pt+2]. The van der Waals surface area contributed by atoms with E-state index in [1.54, 1.807) is 0 Å². The first-order chi connectivity index (χ1) is 45.0. The van der Waals surface area contributed by atoms with Crippen LogP contribution in [-0.2, 0) is 42.1 Å². The van der Waals surface area contributed by atoms with Gasteiger partial charge in [-0.05, 0) is 159 Å². The molecule has 8 heterocycles. The molecular formula is C81H72N10O2Pt2. The molecule has 0 radical (unpaired) electrons. The first kappa shape index (κ1) is 66.6. The third-order valence-corrected chi connectivity index (χ3v) is 17.2. The van der Waals surface area contributed by atoms with Crippen LogP contribution >= 0.6 is 0 Å². The largest absolute Gasteiger partial charge is 2.00 e. The van der Waals surface area contributed by atoms with E-state index in [2.05, 4.69) is 226 Å². The second-order valence-electron chi connectivity index (χ2n) is 24.1. The number of aryl methyl sites for hydroxylation is 9. The molecule has 0 aliphatic carbocycles. The summed E-state index contributed by atoms with van der Waals surface area (Å²) in [5.74, 6) is 2.04. The molecule has 0 saturated heterocycles. The van der Waals surface area contributed by atoms with E-state index in [1.165, 1.54) is 71.9 Å². The number of benzene rings is 8. The molecular weight excluding hydrogens is 1540 g/mol. The van der Waals surface area contributed by atoms with Gasteiger partial charge < -0.3 is 38.9 Å². The third-order valence-electron chi connectivity index (χ3n) is 17.2. The van der Waals surface area contributed by atoms with Gasteiger partial charge in [0.25, 0.3) is 0 Å². The molecule has 478 valence electrons. The van der Waals surface area contributed by atoms with E-state index >= 15 is 0 Å². The van der Waals surface area contributed by atoms with E-state index in [4.69, 9.17) is 0 Å². The Balaban J connectivity index is 0.000000133. The Kier molecular flexibility index (Phi) is 19.6. The Morgan fingerprint density at radius 2 is 0.811 bits per heavy atom. The second kappa shape index (κ2) is 28.0. The Labute approximate surface area is 585 Å². The summed E-state index contributed by atoms with van der Waals surface area (Å²) < 4.78 is 4.70. The van der Waals surface area contributed by atoms with Gasteiger partial charge in [0.1, 0.15) is 11.6 Å². The first-order valence-corrected chi connectivity index (χ1v) is 31.2. The predicted octanol–water partition coefficient (Wildman–Crippen LogP) is 19.1. The molecule has 0 spiro atoms. The Hall–Kier alpha value is -9.86. The standard InChI is InChI=1S/2C27H24N2O.C14H13N3.C13H11N3.2Pt/c2*1-16-14-17(2)25(18(3)15-16)29-24-11-6-5-8-20(24)21-9-7-10-22(26(21)29)23-13-12-19(4)28-27(23)30;1-11-8-13-14(15-9-11)17(10-16(13)2)12-6-4-3-5-7-12;1-15-10-16(11-6-3-2-4-7-11)13-12(15)8-5-9-14-13;;/h2*5-15H,1-4H3,(H,28,30);3-6,8-10H,1-2H3;2-6,8-10H,1H3;;/q;;2*-2;2*+2. The molecule has 14 aromatic rings. The van der Waals surface area contributed by atoms with E-state index < -0.39 is 0 Å². The fourth-order valence-corrected chi connectivity index (χ4v) is 13.3. The molecule has 2 aliphatic rings. The van der Waals surface area contributed by atoms with Crippen LogP contribution in [0.2, 0.25) is 0 Å². The number of rotatable bonds is 6. The van der Waals surface area contributed by atoms with E-state index in [1.807, 2.05) is 137 Å². The van der Waals surface area contributed by atoms with Crippen LogP contribution in [0.25, 0.3) is 77.2 Å². The van der Waals surface area contributed by atoms with Crippen molar-refractivity contribution in [3.8, 4) is 45.4 Å². The molecule has 6 aromatic heterocycles. The van der Waals surface area contributed by atoms with Crippen molar-refractivity contribution >= 4 is 78.0 Å². The number of aromatic hydroxyl groups is 2. The van der Waals surface area contributed by atoms with Crippen LogP contribution in [0, 0.1) is 87.8 Å². The van der Waals surface area contributed by atoms with Gasteiger partial charge in [0.05, 0.1) is 33.4 Å². The summed E-state index contributed by atoms with van der Waals surface area (Å²) in [6, 6.07) is 74.7. The Bertz CT molecular complexity index is 4880. The van der Waals surface area contributed by atoms with E-state index in [0.717, 1.165) is 90.1 Å². The fourth-order valence-electron chi connectivity index (χ4n) is 13.3. The number of nitrogens with zero attached hydrogens (tertiary/aromatic N) is 10. The predicted molar refractivity (Wildman–Crippen MR) is 383 cm³/mol. The third kappa shape index (κ3) is 12.9. The number of fused-ring (bicyclic) bond motifs is 8. The number of aromatic nitrogens is 6. The number of anilines is 6. The summed E-state index contributed by atoms with van der Waals surface area (Å²) in [4.78, 5) is 25.7. The zero-order valence-corrected chi connectivity index (χ0v) is 59.4.